The van der Waals surface area contributed by atoms with E-state index in [2.05, 4.69) is 10.6 Å². The van der Waals surface area contributed by atoms with Crippen LogP contribution in [-0.4, -0.2) is 35.3 Å². The van der Waals surface area contributed by atoms with E-state index in [4.69, 9.17) is 0 Å². The molecule has 1 aliphatic heterocycles. The molecule has 9 heteroatoms. The number of carbonyl (C=O) groups excluding carboxylic acids is 3. The van der Waals surface area contributed by atoms with Gasteiger partial charge in [0.25, 0.3) is 5.91 Å². The normalized spacial score (nSPS) is 23.6. The molecule has 2 fully saturated rings. The lowest BCUT2D eigenvalue weighted by Crippen LogP contribution is -2.45. The van der Waals surface area contributed by atoms with Crippen LogP contribution in [0.25, 0.3) is 0 Å². The Kier molecular flexibility index (Phi) is 4.88. The zero-order valence-corrected chi connectivity index (χ0v) is 14.7. The minimum atomic E-state index is -4.68. The quantitative estimate of drug-likeness (QED) is 0.785. The summed E-state index contributed by atoms with van der Waals surface area (Å²) >= 11 is 0. The number of alkyl halides is 3. The van der Waals surface area contributed by atoms with Crippen LogP contribution in [0.1, 0.15) is 43.7 Å². The fourth-order valence-electron chi connectivity index (χ4n) is 3.68. The Labute approximate surface area is 154 Å². The summed E-state index contributed by atoms with van der Waals surface area (Å²) in [5, 5.41) is 5.07. The second kappa shape index (κ2) is 6.86. The largest absolute Gasteiger partial charge is 0.416 e. The van der Waals surface area contributed by atoms with Crippen LogP contribution in [0.2, 0.25) is 0 Å². The Bertz CT molecular complexity index is 775. The van der Waals surface area contributed by atoms with E-state index < -0.39 is 41.7 Å². The monoisotopic (exact) mass is 383 g/mol. The number of urea groups is 1. The fraction of sp³-hybridized carbons (Fsp3) is 0.500. The summed E-state index contributed by atoms with van der Waals surface area (Å²) in [5.74, 6) is -1.38. The highest BCUT2D eigenvalue weighted by molar-refractivity contribution is 6.09. The molecule has 0 spiro atoms. The van der Waals surface area contributed by atoms with Crippen LogP contribution in [0.3, 0.4) is 0 Å². The van der Waals surface area contributed by atoms with Crippen LogP contribution in [0.15, 0.2) is 24.3 Å². The first-order valence-corrected chi connectivity index (χ1v) is 8.73. The summed E-state index contributed by atoms with van der Waals surface area (Å²) in [4.78, 5) is 37.8. The second-order valence-electron chi connectivity index (χ2n) is 7.04. The maximum atomic E-state index is 13.3. The second-order valence-corrected chi connectivity index (χ2v) is 7.04. The lowest BCUT2D eigenvalue weighted by atomic mass is 9.87. The molecule has 146 valence electrons. The number of hydrogen-bond donors (Lipinski definition) is 2. The molecule has 27 heavy (non-hydrogen) atoms. The topological polar surface area (TPSA) is 78.5 Å². The van der Waals surface area contributed by atoms with Gasteiger partial charge in [0.2, 0.25) is 5.91 Å². The van der Waals surface area contributed by atoms with Crippen LogP contribution < -0.4 is 10.6 Å². The summed E-state index contributed by atoms with van der Waals surface area (Å²) in [6.07, 6.45) is -1.01. The van der Waals surface area contributed by atoms with Crippen molar-refractivity contribution in [3.8, 4) is 0 Å². The van der Waals surface area contributed by atoms with E-state index in [-0.39, 0.29) is 11.6 Å². The number of imide groups is 1. The van der Waals surface area contributed by atoms with Gasteiger partial charge in [0.1, 0.15) is 12.1 Å². The number of rotatable bonds is 4. The van der Waals surface area contributed by atoms with Crippen molar-refractivity contribution in [1.82, 2.24) is 15.5 Å². The molecule has 2 N–H and O–H groups in total. The predicted octanol–water partition coefficient (Wildman–Crippen LogP) is 2.53. The Morgan fingerprint density at radius 1 is 1.26 bits per heavy atom. The third-order valence-electron chi connectivity index (χ3n) is 5.07. The molecule has 6 nitrogen and oxygen atoms in total. The van der Waals surface area contributed by atoms with Crippen molar-refractivity contribution in [3.05, 3.63) is 35.4 Å². The van der Waals surface area contributed by atoms with Crippen molar-refractivity contribution in [2.75, 3.05) is 6.54 Å². The molecule has 4 amide bonds. The lowest BCUT2D eigenvalue weighted by molar-refractivity contribution is -0.140. The van der Waals surface area contributed by atoms with E-state index in [0.29, 0.717) is 4.90 Å². The van der Waals surface area contributed by atoms with Gasteiger partial charge in [0.05, 0.1) is 5.56 Å². The Morgan fingerprint density at radius 2 is 1.89 bits per heavy atom. The van der Waals surface area contributed by atoms with Crippen molar-refractivity contribution in [3.63, 3.8) is 0 Å². The van der Waals surface area contributed by atoms with Crippen molar-refractivity contribution in [1.29, 1.82) is 0 Å². The molecule has 1 heterocycles. The summed E-state index contributed by atoms with van der Waals surface area (Å²) in [5.41, 5.74) is -3.25. The molecular weight excluding hydrogens is 363 g/mol. The average Bonchev–Trinajstić information content (AvgIpc) is 3.17. The predicted molar refractivity (Wildman–Crippen MR) is 89.4 cm³/mol. The highest BCUT2D eigenvalue weighted by Crippen LogP contribution is 2.39. The van der Waals surface area contributed by atoms with Gasteiger partial charge in [0.15, 0.2) is 0 Å². The molecular formula is C18H20F3N3O3. The summed E-state index contributed by atoms with van der Waals surface area (Å²) in [7, 11) is 0. The summed E-state index contributed by atoms with van der Waals surface area (Å²) in [6.45, 7) is 0.692. The number of benzene rings is 1. The van der Waals surface area contributed by atoms with Crippen LogP contribution in [0, 0.1) is 0 Å². The summed E-state index contributed by atoms with van der Waals surface area (Å²) in [6, 6.07) is 3.71. The Hall–Kier alpha value is -2.58. The van der Waals surface area contributed by atoms with Gasteiger partial charge in [-0.05, 0) is 31.4 Å². The third kappa shape index (κ3) is 3.63. The van der Waals surface area contributed by atoms with Gasteiger partial charge in [0, 0.05) is 6.04 Å². The van der Waals surface area contributed by atoms with Crippen LogP contribution in [-0.2, 0) is 21.3 Å². The van der Waals surface area contributed by atoms with Crippen molar-refractivity contribution < 1.29 is 27.6 Å². The zero-order chi connectivity index (χ0) is 19.8. The fourth-order valence-corrected chi connectivity index (χ4v) is 3.68. The van der Waals surface area contributed by atoms with Gasteiger partial charge in [-0.1, -0.05) is 31.0 Å². The Balaban J connectivity index is 1.82. The van der Waals surface area contributed by atoms with Crippen LogP contribution >= 0.6 is 0 Å². The van der Waals surface area contributed by atoms with E-state index in [1.165, 1.54) is 19.1 Å². The van der Waals surface area contributed by atoms with Gasteiger partial charge >= 0.3 is 12.2 Å². The van der Waals surface area contributed by atoms with Crippen LogP contribution in [0.4, 0.5) is 18.0 Å². The van der Waals surface area contributed by atoms with Gasteiger partial charge in [-0.3, -0.25) is 14.5 Å². The van der Waals surface area contributed by atoms with Gasteiger partial charge in [-0.25, -0.2) is 4.79 Å². The third-order valence-corrected chi connectivity index (χ3v) is 5.07. The van der Waals surface area contributed by atoms with Crippen molar-refractivity contribution in [2.45, 2.75) is 50.4 Å². The van der Waals surface area contributed by atoms with Gasteiger partial charge in [-0.15, -0.1) is 0 Å². The molecule has 0 bridgehead atoms. The lowest BCUT2D eigenvalue weighted by Gasteiger charge is -2.25. The molecule has 1 aromatic carbocycles. The maximum absolute atomic E-state index is 13.3. The number of halogens is 3. The van der Waals surface area contributed by atoms with E-state index >= 15 is 0 Å². The first-order valence-electron chi connectivity index (χ1n) is 8.73. The van der Waals surface area contributed by atoms with E-state index in [0.717, 1.165) is 37.8 Å². The minimum Gasteiger partial charge on any atom is -0.352 e. The molecule has 1 saturated carbocycles. The molecule has 1 aliphatic carbocycles. The molecule has 1 atom stereocenters. The van der Waals surface area contributed by atoms with Gasteiger partial charge in [-0.2, -0.15) is 13.2 Å². The first kappa shape index (κ1) is 19.2. The van der Waals surface area contributed by atoms with E-state index in [9.17, 15) is 27.6 Å². The van der Waals surface area contributed by atoms with Gasteiger partial charge < -0.3 is 10.6 Å². The van der Waals surface area contributed by atoms with Crippen molar-refractivity contribution in [2.24, 2.45) is 0 Å². The molecule has 1 aromatic rings. The van der Waals surface area contributed by atoms with E-state index in [1.807, 2.05) is 0 Å². The highest BCUT2D eigenvalue weighted by Gasteiger charge is 2.52. The first-order chi connectivity index (χ1) is 12.6. The van der Waals surface area contributed by atoms with Crippen LogP contribution in [0.5, 0.6) is 0 Å². The molecule has 0 aromatic heterocycles. The number of nitrogens with one attached hydrogen (secondary N) is 2. The number of hydrogen-bond acceptors (Lipinski definition) is 3. The SMILES string of the molecule is CC1(c2ccccc2C(F)(F)F)NC(=O)N(CC(=O)NC2CCCC2)C1=O. The number of carbonyl (C=O) groups is 3. The molecule has 3 rings (SSSR count). The molecule has 1 saturated heterocycles. The number of amides is 4. The number of nitrogens with zero attached hydrogens (tertiary/aromatic N) is 1. The maximum Gasteiger partial charge on any atom is 0.416 e. The smallest absolute Gasteiger partial charge is 0.352 e. The minimum absolute atomic E-state index is 0.00982. The average molecular weight is 383 g/mol. The standard InChI is InChI=1S/C18H20F3N3O3/c1-17(12-8-4-5-9-13(12)18(19,20)21)15(26)24(16(27)23-17)10-14(25)22-11-6-2-3-7-11/h4-5,8-9,11H,2-3,6-7,10H2,1H3,(H,22,25)(H,23,27). The molecule has 0 radical (unpaired) electrons. The van der Waals surface area contributed by atoms with Crippen molar-refractivity contribution >= 4 is 17.8 Å². The Morgan fingerprint density at radius 3 is 2.52 bits per heavy atom. The summed E-state index contributed by atoms with van der Waals surface area (Å²) < 4.78 is 40.0. The molecule has 2 aliphatic rings. The highest BCUT2D eigenvalue weighted by atomic mass is 19.4. The zero-order valence-electron chi connectivity index (χ0n) is 14.7. The van der Waals surface area contributed by atoms with E-state index in [1.54, 1.807) is 0 Å². The molecule has 1 unspecified atom stereocenters.